The minimum atomic E-state index is -0.496. The molecule has 1 aromatic heterocycles. The molecule has 0 radical (unpaired) electrons. The van der Waals surface area contributed by atoms with Crippen molar-refractivity contribution in [2.75, 3.05) is 6.61 Å². The van der Waals surface area contributed by atoms with Crippen molar-refractivity contribution < 1.29 is 14.5 Å². The van der Waals surface area contributed by atoms with Crippen LogP contribution in [0.2, 0.25) is 0 Å². The third-order valence-corrected chi connectivity index (χ3v) is 3.31. The molecule has 0 aliphatic carbocycles. The maximum atomic E-state index is 11.8. The SMILES string of the molecule is O=C(COc1ccc([N+](=O)[O-])cc1)NCc1nc2ccccc2[nH]1. The Hall–Kier alpha value is -3.42. The Kier molecular flexibility index (Phi) is 4.37. The first-order chi connectivity index (χ1) is 11.6. The third kappa shape index (κ3) is 3.67. The number of ether oxygens (including phenoxy) is 1. The highest BCUT2D eigenvalue weighted by molar-refractivity contribution is 5.78. The maximum absolute atomic E-state index is 11.8. The van der Waals surface area contributed by atoms with E-state index in [-0.39, 0.29) is 24.7 Å². The number of hydrogen-bond acceptors (Lipinski definition) is 5. The van der Waals surface area contributed by atoms with Crippen LogP contribution in [0, 0.1) is 10.1 Å². The molecule has 8 heteroatoms. The van der Waals surface area contributed by atoms with Gasteiger partial charge in [-0.1, -0.05) is 12.1 Å². The minimum absolute atomic E-state index is 0.0308. The van der Waals surface area contributed by atoms with Gasteiger partial charge in [0, 0.05) is 12.1 Å². The summed E-state index contributed by atoms with van der Waals surface area (Å²) in [5, 5.41) is 13.2. The Bertz CT molecular complexity index is 840. The number of rotatable bonds is 6. The van der Waals surface area contributed by atoms with Gasteiger partial charge in [-0.25, -0.2) is 4.98 Å². The molecule has 3 rings (SSSR count). The second-order valence-electron chi connectivity index (χ2n) is 5.02. The highest BCUT2D eigenvalue weighted by Gasteiger charge is 2.08. The van der Waals surface area contributed by atoms with Crippen molar-refractivity contribution in [1.82, 2.24) is 15.3 Å². The number of nitro benzene ring substituents is 1. The number of amides is 1. The van der Waals surface area contributed by atoms with Crippen LogP contribution in [0.15, 0.2) is 48.5 Å². The lowest BCUT2D eigenvalue weighted by Gasteiger charge is -2.06. The number of H-pyrrole nitrogens is 1. The van der Waals surface area contributed by atoms with Crippen LogP contribution in [0.1, 0.15) is 5.82 Å². The van der Waals surface area contributed by atoms with E-state index in [4.69, 9.17) is 4.74 Å². The Morgan fingerprint density at radius 2 is 1.96 bits per heavy atom. The molecule has 24 heavy (non-hydrogen) atoms. The summed E-state index contributed by atoms with van der Waals surface area (Å²) in [5.41, 5.74) is 1.71. The van der Waals surface area contributed by atoms with Gasteiger partial charge in [-0.2, -0.15) is 0 Å². The lowest BCUT2D eigenvalue weighted by atomic mass is 10.3. The van der Waals surface area contributed by atoms with Crippen LogP contribution in [0.3, 0.4) is 0 Å². The van der Waals surface area contributed by atoms with Crippen LogP contribution in [0.5, 0.6) is 5.75 Å². The van der Waals surface area contributed by atoms with Crippen LogP contribution in [0.4, 0.5) is 5.69 Å². The molecular weight excluding hydrogens is 312 g/mol. The first kappa shape index (κ1) is 15.5. The summed E-state index contributed by atoms with van der Waals surface area (Å²) in [6, 6.07) is 13.1. The molecule has 1 heterocycles. The molecule has 1 amide bonds. The van der Waals surface area contributed by atoms with Gasteiger partial charge in [0.05, 0.1) is 22.5 Å². The largest absolute Gasteiger partial charge is 0.484 e. The number of aromatic amines is 1. The molecule has 0 fully saturated rings. The topological polar surface area (TPSA) is 110 Å². The number of benzene rings is 2. The number of hydrogen-bond donors (Lipinski definition) is 2. The molecule has 2 aromatic carbocycles. The molecule has 2 N–H and O–H groups in total. The van der Waals surface area contributed by atoms with E-state index in [2.05, 4.69) is 15.3 Å². The Morgan fingerprint density at radius 1 is 1.21 bits per heavy atom. The summed E-state index contributed by atoms with van der Waals surface area (Å²) >= 11 is 0. The van der Waals surface area contributed by atoms with Crippen molar-refractivity contribution in [2.24, 2.45) is 0 Å². The van der Waals surface area contributed by atoms with Gasteiger partial charge in [0.1, 0.15) is 11.6 Å². The van der Waals surface area contributed by atoms with Crippen molar-refractivity contribution >= 4 is 22.6 Å². The summed E-state index contributed by atoms with van der Waals surface area (Å²) in [7, 11) is 0. The predicted octanol–water partition coefficient (Wildman–Crippen LogP) is 2.17. The molecule has 0 unspecified atom stereocenters. The van der Waals surface area contributed by atoms with Crippen molar-refractivity contribution in [3.05, 3.63) is 64.5 Å². The fourth-order valence-corrected chi connectivity index (χ4v) is 2.14. The van der Waals surface area contributed by atoms with E-state index in [9.17, 15) is 14.9 Å². The predicted molar refractivity (Wildman–Crippen MR) is 86.5 cm³/mol. The van der Waals surface area contributed by atoms with Crippen LogP contribution in [-0.4, -0.2) is 27.4 Å². The number of aromatic nitrogens is 2. The van der Waals surface area contributed by atoms with Gasteiger partial charge in [-0.3, -0.25) is 14.9 Å². The van der Waals surface area contributed by atoms with Crippen molar-refractivity contribution in [2.45, 2.75) is 6.54 Å². The van der Waals surface area contributed by atoms with E-state index < -0.39 is 4.92 Å². The van der Waals surface area contributed by atoms with Gasteiger partial charge in [0.2, 0.25) is 0 Å². The van der Waals surface area contributed by atoms with Gasteiger partial charge in [-0.15, -0.1) is 0 Å². The van der Waals surface area contributed by atoms with E-state index in [1.54, 1.807) is 0 Å². The van der Waals surface area contributed by atoms with Crippen LogP contribution in [0.25, 0.3) is 11.0 Å². The molecule has 122 valence electrons. The van der Waals surface area contributed by atoms with Gasteiger partial charge < -0.3 is 15.0 Å². The van der Waals surface area contributed by atoms with Crippen LogP contribution in [-0.2, 0) is 11.3 Å². The second-order valence-corrected chi connectivity index (χ2v) is 5.02. The molecule has 3 aromatic rings. The standard InChI is InChI=1S/C16H14N4O4/c21-16(10-24-12-7-5-11(6-8-12)20(22)23)17-9-15-18-13-3-1-2-4-14(13)19-15/h1-8H,9-10H2,(H,17,21)(H,18,19). The number of imidazole rings is 1. The molecular formula is C16H14N4O4. The van der Waals surface area contributed by atoms with E-state index in [1.807, 2.05) is 24.3 Å². The number of carbonyl (C=O) groups is 1. The summed E-state index contributed by atoms with van der Waals surface area (Å²) in [6.45, 7) is 0.0785. The Labute approximate surface area is 136 Å². The van der Waals surface area contributed by atoms with Gasteiger partial charge in [0.15, 0.2) is 6.61 Å². The van der Waals surface area contributed by atoms with Crippen LogP contribution < -0.4 is 10.1 Å². The molecule has 0 bridgehead atoms. The second kappa shape index (κ2) is 6.78. The van der Waals surface area contributed by atoms with Crippen LogP contribution >= 0.6 is 0 Å². The molecule has 8 nitrogen and oxygen atoms in total. The summed E-state index contributed by atoms with van der Waals surface area (Å²) < 4.78 is 5.28. The summed E-state index contributed by atoms with van der Waals surface area (Å²) in [6.07, 6.45) is 0. The number of non-ortho nitro benzene ring substituents is 1. The smallest absolute Gasteiger partial charge is 0.269 e. The Balaban J connectivity index is 1.49. The van der Waals surface area contributed by atoms with E-state index in [0.29, 0.717) is 11.6 Å². The number of carbonyl (C=O) groups excluding carboxylic acids is 1. The molecule has 0 aliphatic rings. The number of para-hydroxylation sites is 2. The van der Waals surface area contributed by atoms with E-state index in [1.165, 1.54) is 24.3 Å². The zero-order valence-corrected chi connectivity index (χ0v) is 12.6. The van der Waals surface area contributed by atoms with Gasteiger partial charge >= 0.3 is 0 Å². The van der Waals surface area contributed by atoms with Crippen molar-refractivity contribution in [1.29, 1.82) is 0 Å². The molecule has 0 saturated heterocycles. The number of nitrogens with one attached hydrogen (secondary N) is 2. The van der Waals surface area contributed by atoms with Crippen molar-refractivity contribution in [3.63, 3.8) is 0 Å². The fraction of sp³-hybridized carbons (Fsp3) is 0.125. The quantitative estimate of drug-likeness (QED) is 0.533. The molecule has 0 aliphatic heterocycles. The monoisotopic (exact) mass is 326 g/mol. The first-order valence-corrected chi connectivity index (χ1v) is 7.19. The normalized spacial score (nSPS) is 10.5. The zero-order chi connectivity index (χ0) is 16.9. The number of fused-ring (bicyclic) bond motifs is 1. The van der Waals surface area contributed by atoms with Crippen molar-refractivity contribution in [3.8, 4) is 5.75 Å². The highest BCUT2D eigenvalue weighted by atomic mass is 16.6. The summed E-state index contributed by atoms with van der Waals surface area (Å²) in [5.74, 6) is 0.730. The maximum Gasteiger partial charge on any atom is 0.269 e. The average molecular weight is 326 g/mol. The summed E-state index contributed by atoms with van der Waals surface area (Å²) in [4.78, 5) is 29.3. The minimum Gasteiger partial charge on any atom is -0.484 e. The molecule has 0 saturated carbocycles. The lowest BCUT2D eigenvalue weighted by molar-refractivity contribution is -0.384. The number of nitro groups is 1. The Morgan fingerprint density at radius 3 is 2.67 bits per heavy atom. The van der Waals surface area contributed by atoms with Gasteiger partial charge in [0.25, 0.3) is 11.6 Å². The highest BCUT2D eigenvalue weighted by Crippen LogP contribution is 2.17. The first-order valence-electron chi connectivity index (χ1n) is 7.19. The van der Waals surface area contributed by atoms with E-state index >= 15 is 0 Å². The lowest BCUT2D eigenvalue weighted by Crippen LogP contribution is -2.28. The third-order valence-electron chi connectivity index (χ3n) is 3.31. The zero-order valence-electron chi connectivity index (χ0n) is 12.6. The van der Waals surface area contributed by atoms with Gasteiger partial charge in [-0.05, 0) is 24.3 Å². The molecule has 0 spiro atoms. The number of nitrogens with zero attached hydrogens (tertiary/aromatic N) is 2. The molecule has 0 atom stereocenters. The average Bonchev–Trinajstić information content (AvgIpc) is 3.01. The van der Waals surface area contributed by atoms with E-state index in [0.717, 1.165) is 11.0 Å². The fourth-order valence-electron chi connectivity index (χ4n) is 2.14.